The van der Waals surface area contributed by atoms with Crippen molar-refractivity contribution in [1.29, 1.82) is 5.26 Å². The Labute approximate surface area is 146 Å². The first kappa shape index (κ1) is 17.2. The number of anilines is 1. The number of morpholine rings is 1. The van der Waals surface area contributed by atoms with Gasteiger partial charge in [-0.25, -0.2) is 4.98 Å². The van der Waals surface area contributed by atoms with Crippen molar-refractivity contribution in [2.45, 2.75) is 24.9 Å². The molecule has 0 bridgehead atoms. The fourth-order valence-electron chi connectivity index (χ4n) is 3.15. The van der Waals surface area contributed by atoms with Crippen LogP contribution in [0.1, 0.15) is 23.6 Å². The number of pyridine rings is 1. The Morgan fingerprint density at radius 1 is 1.33 bits per heavy atom. The van der Waals surface area contributed by atoms with Crippen molar-refractivity contribution < 1.29 is 9.53 Å². The summed E-state index contributed by atoms with van der Waals surface area (Å²) in [5.41, 5.74) is 2.92. The van der Waals surface area contributed by atoms with Crippen molar-refractivity contribution in [3.63, 3.8) is 0 Å². The average molecular weight is 346 g/mol. The highest BCUT2D eigenvalue weighted by atomic mass is 32.2. The lowest BCUT2D eigenvalue weighted by atomic mass is 9.96. The summed E-state index contributed by atoms with van der Waals surface area (Å²) >= 11 is 1.38. The van der Waals surface area contributed by atoms with Crippen LogP contribution in [0.2, 0.25) is 0 Å². The molecule has 0 radical (unpaired) electrons. The number of carbonyl (C=O) groups excluding carboxylic acids is 1. The van der Waals surface area contributed by atoms with E-state index in [0.29, 0.717) is 29.6 Å². The van der Waals surface area contributed by atoms with E-state index >= 15 is 0 Å². The largest absolute Gasteiger partial charge is 0.378 e. The van der Waals surface area contributed by atoms with Crippen LogP contribution in [-0.4, -0.2) is 61.3 Å². The van der Waals surface area contributed by atoms with E-state index in [0.717, 1.165) is 49.5 Å². The van der Waals surface area contributed by atoms with Crippen molar-refractivity contribution in [2.75, 3.05) is 50.5 Å². The number of likely N-dealkylation sites (N-methyl/N-ethyl adjacent to an activating group) is 1. The second kappa shape index (κ2) is 7.51. The Bertz CT molecular complexity index is 680. The molecular formula is C17H22N4O2S. The lowest BCUT2D eigenvalue weighted by Gasteiger charge is -2.34. The highest BCUT2D eigenvalue weighted by Crippen LogP contribution is 2.35. The molecule has 24 heavy (non-hydrogen) atoms. The van der Waals surface area contributed by atoms with Crippen molar-refractivity contribution >= 4 is 23.4 Å². The molecule has 1 fully saturated rings. The first-order chi connectivity index (χ1) is 11.6. The van der Waals surface area contributed by atoms with Crippen molar-refractivity contribution in [3.05, 3.63) is 16.7 Å². The second-order valence-electron chi connectivity index (χ2n) is 6.26. The number of carbonyl (C=O) groups is 1. The van der Waals surface area contributed by atoms with E-state index in [4.69, 9.17) is 9.72 Å². The van der Waals surface area contributed by atoms with Gasteiger partial charge in [-0.3, -0.25) is 4.79 Å². The van der Waals surface area contributed by atoms with Gasteiger partial charge in [0, 0.05) is 31.7 Å². The van der Waals surface area contributed by atoms with Crippen LogP contribution < -0.4 is 4.90 Å². The number of ether oxygens (including phenoxy) is 1. The number of nitrogens with zero attached hydrogens (tertiary/aromatic N) is 4. The monoisotopic (exact) mass is 346 g/mol. The number of Topliss-reactive ketones (excluding diaryl/α,β-unsaturated/α-hetero) is 1. The van der Waals surface area contributed by atoms with E-state index in [1.165, 1.54) is 11.8 Å². The fraction of sp³-hybridized carbons (Fsp3) is 0.588. The lowest BCUT2D eigenvalue weighted by Crippen LogP contribution is -2.39. The van der Waals surface area contributed by atoms with E-state index in [-0.39, 0.29) is 5.78 Å². The number of aromatic nitrogens is 1. The Morgan fingerprint density at radius 3 is 2.75 bits per heavy atom. The summed E-state index contributed by atoms with van der Waals surface area (Å²) in [6.07, 6.45) is 0.849. The molecule has 1 saturated heterocycles. The van der Waals surface area contributed by atoms with Crippen LogP contribution in [0.25, 0.3) is 0 Å². The molecule has 7 heteroatoms. The lowest BCUT2D eigenvalue weighted by molar-refractivity contribution is -0.114. The van der Waals surface area contributed by atoms with Gasteiger partial charge in [0.2, 0.25) is 0 Å². The van der Waals surface area contributed by atoms with Crippen molar-refractivity contribution in [2.24, 2.45) is 0 Å². The Balaban J connectivity index is 2.06. The maximum Gasteiger partial charge on any atom is 0.140 e. The Morgan fingerprint density at radius 2 is 2.08 bits per heavy atom. The minimum Gasteiger partial charge on any atom is -0.378 e. The van der Waals surface area contributed by atoms with Crippen molar-refractivity contribution in [1.82, 2.24) is 9.88 Å². The topological polar surface area (TPSA) is 69.5 Å². The van der Waals surface area contributed by atoms with E-state index in [1.54, 1.807) is 6.92 Å². The number of rotatable bonds is 4. The quantitative estimate of drug-likeness (QED) is 0.765. The van der Waals surface area contributed by atoms with Gasteiger partial charge in [0.1, 0.15) is 22.7 Å². The molecule has 0 aromatic carbocycles. The maximum atomic E-state index is 11.4. The standard InChI is InChI=1S/C17H22N4O2S/c1-12(22)11-24-17-14(9-18)13-3-4-20(2)10-15(13)16(19-17)21-5-7-23-8-6-21/h3-8,10-11H2,1-2H3. The average Bonchev–Trinajstić information content (AvgIpc) is 2.59. The molecule has 0 amide bonds. The molecule has 0 saturated carbocycles. The van der Waals surface area contributed by atoms with Crippen LogP contribution >= 0.6 is 11.8 Å². The van der Waals surface area contributed by atoms with Crippen LogP contribution in [0.4, 0.5) is 5.82 Å². The number of thioether (sulfide) groups is 1. The van der Waals surface area contributed by atoms with Crippen LogP contribution in [-0.2, 0) is 22.5 Å². The van der Waals surface area contributed by atoms with Gasteiger partial charge in [-0.2, -0.15) is 5.26 Å². The first-order valence-corrected chi connectivity index (χ1v) is 9.18. The highest BCUT2D eigenvalue weighted by Gasteiger charge is 2.27. The SMILES string of the molecule is CC(=O)CSc1nc(N2CCOCC2)c2c(c1C#N)CCN(C)C2. The third-order valence-electron chi connectivity index (χ3n) is 4.36. The second-order valence-corrected chi connectivity index (χ2v) is 7.23. The molecule has 0 N–H and O–H groups in total. The summed E-state index contributed by atoms with van der Waals surface area (Å²) in [4.78, 5) is 20.7. The van der Waals surface area contributed by atoms with E-state index in [2.05, 4.69) is 22.9 Å². The van der Waals surface area contributed by atoms with Gasteiger partial charge in [0.05, 0.1) is 24.5 Å². The van der Waals surface area contributed by atoms with Crippen LogP contribution in [0.15, 0.2) is 5.03 Å². The summed E-state index contributed by atoms with van der Waals surface area (Å²) in [7, 11) is 2.09. The number of hydrogen-bond donors (Lipinski definition) is 0. The number of nitriles is 1. The molecule has 0 spiro atoms. The van der Waals surface area contributed by atoms with Gasteiger partial charge in [-0.15, -0.1) is 0 Å². The normalized spacial score (nSPS) is 18.1. The first-order valence-electron chi connectivity index (χ1n) is 8.19. The fourth-order valence-corrected chi connectivity index (χ4v) is 3.96. The van der Waals surface area contributed by atoms with Gasteiger partial charge in [0.15, 0.2) is 0 Å². The molecule has 3 heterocycles. The minimum atomic E-state index is 0.0936. The zero-order valence-electron chi connectivity index (χ0n) is 14.2. The molecule has 0 unspecified atom stereocenters. The molecule has 128 valence electrons. The van der Waals surface area contributed by atoms with Crippen LogP contribution in [0.3, 0.4) is 0 Å². The zero-order chi connectivity index (χ0) is 17.1. The predicted molar refractivity (Wildman–Crippen MR) is 93.4 cm³/mol. The number of ketones is 1. The number of hydrogen-bond acceptors (Lipinski definition) is 7. The number of fused-ring (bicyclic) bond motifs is 1. The summed E-state index contributed by atoms with van der Waals surface area (Å²) in [6, 6.07) is 2.34. The molecular weight excluding hydrogens is 324 g/mol. The van der Waals surface area contributed by atoms with Gasteiger partial charge in [-0.1, -0.05) is 11.8 Å². The highest BCUT2D eigenvalue weighted by molar-refractivity contribution is 8.00. The Kier molecular flexibility index (Phi) is 5.39. The summed E-state index contributed by atoms with van der Waals surface area (Å²) < 4.78 is 5.46. The molecule has 0 atom stereocenters. The Hall–Kier alpha value is -1.62. The summed E-state index contributed by atoms with van der Waals surface area (Å²) in [6.45, 7) is 6.32. The molecule has 1 aromatic heterocycles. The van der Waals surface area contributed by atoms with Gasteiger partial charge in [0.25, 0.3) is 0 Å². The van der Waals surface area contributed by atoms with E-state index in [9.17, 15) is 10.1 Å². The van der Waals surface area contributed by atoms with E-state index < -0.39 is 0 Å². The maximum absolute atomic E-state index is 11.4. The minimum absolute atomic E-state index is 0.0936. The van der Waals surface area contributed by atoms with Crippen LogP contribution in [0, 0.1) is 11.3 Å². The van der Waals surface area contributed by atoms with Gasteiger partial charge in [-0.05, 0) is 26.0 Å². The van der Waals surface area contributed by atoms with Gasteiger partial charge >= 0.3 is 0 Å². The third kappa shape index (κ3) is 3.56. The third-order valence-corrected chi connectivity index (χ3v) is 5.48. The summed E-state index contributed by atoms with van der Waals surface area (Å²) in [5.74, 6) is 1.41. The predicted octanol–water partition coefficient (Wildman–Crippen LogP) is 1.46. The molecule has 0 aliphatic carbocycles. The molecule has 1 aromatic rings. The molecule has 3 rings (SSSR count). The van der Waals surface area contributed by atoms with Crippen molar-refractivity contribution in [3.8, 4) is 6.07 Å². The smallest absolute Gasteiger partial charge is 0.140 e. The molecule has 2 aliphatic rings. The van der Waals surface area contributed by atoms with Gasteiger partial charge < -0.3 is 14.5 Å². The van der Waals surface area contributed by atoms with Crippen LogP contribution in [0.5, 0.6) is 0 Å². The summed E-state index contributed by atoms with van der Waals surface area (Å²) in [5, 5.41) is 10.4. The zero-order valence-corrected chi connectivity index (χ0v) is 15.0. The molecule has 2 aliphatic heterocycles. The van der Waals surface area contributed by atoms with E-state index in [1.807, 2.05) is 0 Å². The molecule has 6 nitrogen and oxygen atoms in total.